The Morgan fingerprint density at radius 1 is 1.35 bits per heavy atom. The van der Waals surface area contributed by atoms with E-state index in [2.05, 4.69) is 20.3 Å². The van der Waals surface area contributed by atoms with Gasteiger partial charge in [-0.05, 0) is 25.7 Å². The lowest BCUT2D eigenvalue weighted by Gasteiger charge is -2.15. The van der Waals surface area contributed by atoms with Crippen molar-refractivity contribution in [3.05, 3.63) is 12.7 Å². The third-order valence-corrected chi connectivity index (χ3v) is 4.21. The molecule has 10 heteroatoms. The van der Waals surface area contributed by atoms with Crippen molar-refractivity contribution in [2.75, 3.05) is 32.6 Å². The summed E-state index contributed by atoms with van der Waals surface area (Å²) in [5, 5.41) is 2.40. The Hall–Kier alpha value is -2.46. The number of nitrogens with two attached hydrogens (primary N) is 1. The molecule has 2 aromatic rings. The van der Waals surface area contributed by atoms with Crippen LogP contribution in [0.4, 0.5) is 10.6 Å². The maximum absolute atomic E-state index is 11.1. The van der Waals surface area contributed by atoms with E-state index in [0.717, 1.165) is 26.1 Å². The summed E-state index contributed by atoms with van der Waals surface area (Å²) in [5.41, 5.74) is 6.96. The molecule has 0 bridgehead atoms. The van der Waals surface area contributed by atoms with Gasteiger partial charge in [-0.1, -0.05) is 0 Å². The molecule has 4 rings (SSSR count). The highest BCUT2D eigenvalue weighted by Gasteiger charge is 2.29. The Kier molecular flexibility index (Phi) is 6.18. The zero-order chi connectivity index (χ0) is 18.4. The molecule has 0 saturated carbocycles. The predicted octanol–water partition coefficient (Wildman–Crippen LogP) is 1.24. The summed E-state index contributed by atoms with van der Waals surface area (Å²) >= 11 is 0. The normalized spacial score (nSPS) is 22.0. The highest BCUT2D eigenvalue weighted by Crippen LogP contribution is 2.31. The molecule has 2 aromatic heterocycles. The molecule has 0 aliphatic carbocycles. The molecule has 0 radical (unpaired) electrons. The Balaban J connectivity index is 0.000000339. The van der Waals surface area contributed by atoms with Gasteiger partial charge in [0, 0.05) is 20.3 Å². The minimum absolute atomic E-state index is 0.135. The Morgan fingerprint density at radius 2 is 2.15 bits per heavy atom. The quantitative estimate of drug-likeness (QED) is 0.833. The molecule has 0 aromatic carbocycles. The van der Waals surface area contributed by atoms with Crippen LogP contribution in [0.1, 0.15) is 31.9 Å². The fraction of sp³-hybridized carbons (Fsp3) is 0.625. The van der Waals surface area contributed by atoms with Gasteiger partial charge in [0.15, 0.2) is 11.5 Å². The summed E-state index contributed by atoms with van der Waals surface area (Å²) in [6.45, 7) is 2.22. The number of nitrogens with zero attached hydrogens (tertiary/aromatic N) is 4. The van der Waals surface area contributed by atoms with E-state index >= 15 is 0 Å². The van der Waals surface area contributed by atoms with Gasteiger partial charge in [-0.2, -0.15) is 0 Å². The largest absolute Gasteiger partial charge is 0.447 e. The molecular weight excluding hydrogens is 340 g/mol. The van der Waals surface area contributed by atoms with Crippen LogP contribution in [0.3, 0.4) is 0 Å². The molecule has 10 nitrogen and oxygen atoms in total. The van der Waals surface area contributed by atoms with Crippen LogP contribution in [0.2, 0.25) is 0 Å². The third kappa shape index (κ3) is 4.38. The zero-order valence-electron chi connectivity index (χ0n) is 14.8. The predicted molar refractivity (Wildman–Crippen MR) is 93.3 cm³/mol. The number of alkyl carbamates (subject to hydrolysis) is 1. The summed E-state index contributed by atoms with van der Waals surface area (Å²) in [6, 6.07) is 0. The molecule has 2 aliphatic rings. The van der Waals surface area contributed by atoms with Gasteiger partial charge in [0.05, 0.1) is 12.4 Å². The molecule has 142 valence electrons. The van der Waals surface area contributed by atoms with Crippen LogP contribution in [0.25, 0.3) is 11.2 Å². The monoisotopic (exact) mass is 364 g/mol. The maximum atomic E-state index is 11.1. The number of hydrogen-bond acceptors (Lipinski definition) is 8. The number of amides is 1. The van der Waals surface area contributed by atoms with E-state index in [4.69, 9.17) is 19.9 Å². The molecule has 2 aliphatic heterocycles. The third-order valence-electron chi connectivity index (χ3n) is 4.21. The van der Waals surface area contributed by atoms with Crippen molar-refractivity contribution in [3.63, 3.8) is 0 Å². The van der Waals surface area contributed by atoms with E-state index < -0.39 is 6.09 Å². The van der Waals surface area contributed by atoms with Gasteiger partial charge < -0.3 is 25.3 Å². The van der Waals surface area contributed by atoms with Crippen molar-refractivity contribution in [2.45, 2.75) is 38.0 Å². The zero-order valence-corrected chi connectivity index (χ0v) is 14.8. The fourth-order valence-electron chi connectivity index (χ4n) is 2.85. The number of anilines is 1. The van der Waals surface area contributed by atoms with E-state index in [1.165, 1.54) is 26.2 Å². The van der Waals surface area contributed by atoms with Crippen LogP contribution in [0, 0.1) is 0 Å². The van der Waals surface area contributed by atoms with Gasteiger partial charge in [0.1, 0.15) is 24.7 Å². The van der Waals surface area contributed by atoms with E-state index in [0.29, 0.717) is 17.0 Å². The first kappa shape index (κ1) is 18.3. The standard InChI is InChI=1S/C12H16N6O3.C4H8O/c1-14-12(19)20-4-7-2-3-8(21-7)18-6-17-9-10(13)15-5-16-11(9)18;1-2-4-5-3-1/h5-8H,2-4H2,1H3,(H,14,19)(H2,13,15,16);1-4H2/t7-,8+;/m1./s1. The highest BCUT2D eigenvalue weighted by molar-refractivity contribution is 5.81. The van der Waals surface area contributed by atoms with Crippen LogP contribution in [0.15, 0.2) is 12.7 Å². The number of carbonyl (C=O) groups excluding carboxylic acids is 1. The maximum Gasteiger partial charge on any atom is 0.406 e. The second kappa shape index (κ2) is 8.77. The molecule has 2 saturated heterocycles. The van der Waals surface area contributed by atoms with Gasteiger partial charge in [0.25, 0.3) is 0 Å². The molecule has 2 fully saturated rings. The SMILES string of the molecule is C1CCOC1.CNC(=O)OC[C@H]1CC[C@@H](n2cnc3c(N)ncnc32)O1. The second-order valence-corrected chi connectivity index (χ2v) is 6.04. The first-order chi connectivity index (χ1) is 12.7. The molecule has 26 heavy (non-hydrogen) atoms. The Labute approximate surface area is 151 Å². The van der Waals surface area contributed by atoms with Crippen molar-refractivity contribution >= 4 is 23.1 Å². The van der Waals surface area contributed by atoms with Gasteiger partial charge in [-0.25, -0.2) is 19.7 Å². The molecular formula is C16H24N6O4. The first-order valence-corrected chi connectivity index (χ1v) is 8.69. The van der Waals surface area contributed by atoms with Crippen LogP contribution >= 0.6 is 0 Å². The molecule has 4 heterocycles. The number of carbonyl (C=O) groups is 1. The summed E-state index contributed by atoms with van der Waals surface area (Å²) in [6.07, 6.45) is 6.39. The van der Waals surface area contributed by atoms with E-state index in [-0.39, 0.29) is 18.9 Å². The van der Waals surface area contributed by atoms with Crippen LogP contribution in [-0.4, -0.2) is 58.6 Å². The van der Waals surface area contributed by atoms with Gasteiger partial charge in [-0.3, -0.25) is 4.57 Å². The topological polar surface area (TPSA) is 126 Å². The first-order valence-electron chi connectivity index (χ1n) is 8.69. The molecule has 1 amide bonds. The van der Waals surface area contributed by atoms with Crippen LogP contribution in [0.5, 0.6) is 0 Å². The lowest BCUT2D eigenvalue weighted by atomic mass is 10.2. The van der Waals surface area contributed by atoms with Crippen LogP contribution in [-0.2, 0) is 14.2 Å². The summed E-state index contributed by atoms with van der Waals surface area (Å²) in [4.78, 5) is 23.4. The Morgan fingerprint density at radius 3 is 2.85 bits per heavy atom. The van der Waals surface area contributed by atoms with Crippen molar-refractivity contribution < 1.29 is 19.0 Å². The number of nitrogen functional groups attached to an aromatic ring is 1. The number of imidazole rings is 1. The average molecular weight is 364 g/mol. The molecule has 3 N–H and O–H groups in total. The molecule has 0 spiro atoms. The average Bonchev–Trinajstić information content (AvgIpc) is 3.41. The highest BCUT2D eigenvalue weighted by atomic mass is 16.6. The van der Waals surface area contributed by atoms with E-state index in [9.17, 15) is 4.79 Å². The van der Waals surface area contributed by atoms with Crippen LogP contribution < -0.4 is 11.1 Å². The molecule has 0 unspecified atom stereocenters. The number of nitrogens with one attached hydrogen (secondary N) is 1. The minimum atomic E-state index is -0.462. The van der Waals surface area contributed by atoms with Crippen molar-refractivity contribution in [1.82, 2.24) is 24.8 Å². The fourth-order valence-corrected chi connectivity index (χ4v) is 2.85. The summed E-state index contributed by atoms with van der Waals surface area (Å²) in [5.74, 6) is 0.344. The second-order valence-electron chi connectivity index (χ2n) is 6.04. The van der Waals surface area contributed by atoms with E-state index in [1.54, 1.807) is 6.33 Å². The number of rotatable bonds is 3. The molecule has 2 atom stereocenters. The summed E-state index contributed by atoms with van der Waals surface area (Å²) < 4.78 is 17.6. The van der Waals surface area contributed by atoms with E-state index in [1.807, 2.05) is 4.57 Å². The van der Waals surface area contributed by atoms with Crippen molar-refractivity contribution in [1.29, 1.82) is 0 Å². The number of fused-ring (bicyclic) bond motifs is 1. The van der Waals surface area contributed by atoms with Gasteiger partial charge in [0.2, 0.25) is 0 Å². The minimum Gasteiger partial charge on any atom is -0.447 e. The van der Waals surface area contributed by atoms with Gasteiger partial charge in [-0.15, -0.1) is 0 Å². The van der Waals surface area contributed by atoms with Gasteiger partial charge >= 0.3 is 6.09 Å². The number of aromatic nitrogens is 4. The van der Waals surface area contributed by atoms with Crippen molar-refractivity contribution in [2.24, 2.45) is 0 Å². The smallest absolute Gasteiger partial charge is 0.406 e. The Bertz CT molecular complexity index is 725. The number of hydrogen-bond donors (Lipinski definition) is 2. The van der Waals surface area contributed by atoms with Crippen molar-refractivity contribution in [3.8, 4) is 0 Å². The lowest BCUT2D eigenvalue weighted by molar-refractivity contribution is -0.0244. The summed E-state index contributed by atoms with van der Waals surface area (Å²) in [7, 11) is 1.52. The number of ether oxygens (including phenoxy) is 3. The lowest BCUT2D eigenvalue weighted by Crippen LogP contribution is -2.25.